The molecule has 5 nitrogen and oxygen atoms in total. The summed E-state index contributed by atoms with van der Waals surface area (Å²) in [5.74, 6) is 1.35. The van der Waals surface area contributed by atoms with Crippen LogP contribution in [0.2, 0.25) is 5.02 Å². The predicted molar refractivity (Wildman–Crippen MR) is 99.5 cm³/mol. The first-order valence-electron chi connectivity index (χ1n) is 8.15. The molecule has 1 aromatic carbocycles. The fraction of sp³-hybridized carbons (Fsp3) is 0.389. The van der Waals surface area contributed by atoms with Gasteiger partial charge in [0, 0.05) is 11.6 Å². The molecule has 1 atom stereocenters. The number of hydrogen-bond acceptors (Lipinski definition) is 4. The molecule has 0 radical (unpaired) electrons. The lowest BCUT2D eigenvalue weighted by Gasteiger charge is -2.26. The third-order valence-corrected chi connectivity index (χ3v) is 4.38. The Labute approximate surface area is 158 Å². The van der Waals surface area contributed by atoms with Crippen LogP contribution in [0.5, 0.6) is 5.75 Å². The van der Waals surface area contributed by atoms with Crippen molar-refractivity contribution < 1.29 is 13.9 Å². The first-order chi connectivity index (χ1) is 11.7. The lowest BCUT2D eigenvalue weighted by molar-refractivity contribution is -0.123. The van der Waals surface area contributed by atoms with Crippen molar-refractivity contribution in [3.8, 4) is 5.75 Å². The minimum atomic E-state index is -0.152. The number of carbonyl (C=O) groups is 1. The number of furan rings is 1. The number of likely N-dealkylation sites (tertiary alicyclic amines) is 1. The lowest BCUT2D eigenvalue weighted by Crippen LogP contribution is -2.38. The highest BCUT2D eigenvalue weighted by molar-refractivity contribution is 6.30. The van der Waals surface area contributed by atoms with Crippen molar-refractivity contribution in [3.63, 3.8) is 0 Å². The monoisotopic (exact) mass is 384 g/mol. The minimum absolute atomic E-state index is 0. The molecule has 0 spiro atoms. The van der Waals surface area contributed by atoms with E-state index in [9.17, 15) is 4.79 Å². The first-order valence-corrected chi connectivity index (χ1v) is 8.53. The molecule has 0 aliphatic carbocycles. The summed E-state index contributed by atoms with van der Waals surface area (Å²) in [5, 5.41) is 3.58. The van der Waals surface area contributed by atoms with Gasteiger partial charge in [0.15, 0.2) is 6.61 Å². The number of nitrogens with one attached hydrogen (secondary N) is 1. The van der Waals surface area contributed by atoms with Gasteiger partial charge >= 0.3 is 0 Å². The molecule has 1 N–H and O–H groups in total. The van der Waals surface area contributed by atoms with Crippen molar-refractivity contribution in [2.24, 2.45) is 0 Å². The van der Waals surface area contributed by atoms with E-state index in [1.165, 1.54) is 12.8 Å². The average Bonchev–Trinajstić information content (AvgIpc) is 3.29. The van der Waals surface area contributed by atoms with Gasteiger partial charge in [-0.15, -0.1) is 12.4 Å². The van der Waals surface area contributed by atoms with E-state index in [1.54, 1.807) is 30.5 Å². The van der Waals surface area contributed by atoms with E-state index in [2.05, 4.69) is 10.2 Å². The Morgan fingerprint density at radius 2 is 1.96 bits per heavy atom. The van der Waals surface area contributed by atoms with E-state index in [0.29, 0.717) is 17.3 Å². The Morgan fingerprint density at radius 3 is 2.60 bits per heavy atom. The molecule has 1 saturated heterocycles. The maximum atomic E-state index is 12.1. The van der Waals surface area contributed by atoms with Gasteiger partial charge in [0.1, 0.15) is 11.5 Å². The zero-order valence-corrected chi connectivity index (χ0v) is 15.4. The van der Waals surface area contributed by atoms with Crippen molar-refractivity contribution in [2.75, 3.05) is 26.2 Å². The standard InChI is InChI=1S/C18H21ClN2O3.ClH/c19-14-5-7-15(8-6-14)24-13-18(22)20-12-16(17-4-3-11-23-17)21-9-1-2-10-21;/h3-8,11,16H,1-2,9-10,12-13H2,(H,20,22);1H. The molecule has 3 rings (SSSR count). The zero-order chi connectivity index (χ0) is 16.8. The Hall–Kier alpha value is -1.69. The molecule has 1 amide bonds. The average molecular weight is 385 g/mol. The SMILES string of the molecule is Cl.O=C(COc1ccc(Cl)cc1)NCC(c1ccco1)N1CCCC1. The van der Waals surface area contributed by atoms with E-state index < -0.39 is 0 Å². The maximum Gasteiger partial charge on any atom is 0.258 e. The van der Waals surface area contributed by atoms with Crippen molar-refractivity contribution in [1.29, 1.82) is 0 Å². The first kappa shape index (κ1) is 19.6. The highest BCUT2D eigenvalue weighted by atomic mass is 35.5. The maximum absolute atomic E-state index is 12.1. The van der Waals surface area contributed by atoms with Crippen LogP contribution in [-0.4, -0.2) is 37.0 Å². The van der Waals surface area contributed by atoms with Gasteiger partial charge in [0.2, 0.25) is 0 Å². The third kappa shape index (κ3) is 5.66. The van der Waals surface area contributed by atoms with E-state index in [4.69, 9.17) is 20.8 Å². The van der Waals surface area contributed by atoms with E-state index in [0.717, 1.165) is 18.8 Å². The molecule has 1 aliphatic rings. The van der Waals surface area contributed by atoms with Gasteiger partial charge in [0.05, 0.1) is 12.3 Å². The fourth-order valence-electron chi connectivity index (χ4n) is 2.89. The third-order valence-electron chi connectivity index (χ3n) is 4.13. The molecular formula is C18H22Cl2N2O3. The largest absolute Gasteiger partial charge is 0.484 e. The molecule has 136 valence electrons. The zero-order valence-electron chi connectivity index (χ0n) is 13.8. The second-order valence-electron chi connectivity index (χ2n) is 5.82. The molecule has 1 fully saturated rings. The van der Waals surface area contributed by atoms with E-state index >= 15 is 0 Å². The number of rotatable bonds is 7. The van der Waals surface area contributed by atoms with Gasteiger partial charge in [-0.3, -0.25) is 9.69 Å². The number of halogens is 2. The predicted octanol–water partition coefficient (Wildman–Crippen LogP) is 3.69. The molecule has 7 heteroatoms. The summed E-state index contributed by atoms with van der Waals surface area (Å²) in [6.07, 6.45) is 4.04. The van der Waals surface area contributed by atoms with Crippen LogP contribution < -0.4 is 10.1 Å². The van der Waals surface area contributed by atoms with Crippen molar-refractivity contribution in [3.05, 3.63) is 53.4 Å². The lowest BCUT2D eigenvalue weighted by atomic mass is 10.2. The topological polar surface area (TPSA) is 54.7 Å². The van der Waals surface area contributed by atoms with Crippen LogP contribution >= 0.6 is 24.0 Å². The van der Waals surface area contributed by atoms with Gasteiger partial charge in [0.25, 0.3) is 5.91 Å². The highest BCUT2D eigenvalue weighted by Gasteiger charge is 2.25. The second-order valence-corrected chi connectivity index (χ2v) is 6.26. The second kappa shape index (κ2) is 9.70. The number of amides is 1. The molecule has 25 heavy (non-hydrogen) atoms. The van der Waals surface area contributed by atoms with Crippen LogP contribution in [0.25, 0.3) is 0 Å². The number of carbonyl (C=O) groups excluding carboxylic acids is 1. The summed E-state index contributed by atoms with van der Waals surface area (Å²) in [7, 11) is 0. The number of benzene rings is 1. The van der Waals surface area contributed by atoms with Crippen LogP contribution in [-0.2, 0) is 4.79 Å². The Morgan fingerprint density at radius 1 is 1.24 bits per heavy atom. The summed E-state index contributed by atoms with van der Waals surface area (Å²) in [4.78, 5) is 14.4. The van der Waals surface area contributed by atoms with Crippen molar-refractivity contribution in [1.82, 2.24) is 10.2 Å². The van der Waals surface area contributed by atoms with E-state index in [1.807, 2.05) is 12.1 Å². The van der Waals surface area contributed by atoms with Crippen molar-refractivity contribution in [2.45, 2.75) is 18.9 Å². The molecule has 2 heterocycles. The molecule has 0 saturated carbocycles. The van der Waals surface area contributed by atoms with E-state index in [-0.39, 0.29) is 31.0 Å². The minimum Gasteiger partial charge on any atom is -0.484 e. The van der Waals surface area contributed by atoms with Crippen LogP contribution in [0, 0.1) is 0 Å². The van der Waals surface area contributed by atoms with Gasteiger partial charge in [-0.1, -0.05) is 11.6 Å². The summed E-state index contributed by atoms with van der Waals surface area (Å²) in [5.41, 5.74) is 0. The summed E-state index contributed by atoms with van der Waals surface area (Å²) >= 11 is 5.82. The highest BCUT2D eigenvalue weighted by Crippen LogP contribution is 2.24. The molecule has 0 bridgehead atoms. The molecule has 1 aliphatic heterocycles. The van der Waals surface area contributed by atoms with Gasteiger partial charge in [-0.2, -0.15) is 0 Å². The smallest absolute Gasteiger partial charge is 0.258 e. The van der Waals surface area contributed by atoms with Crippen molar-refractivity contribution >= 4 is 29.9 Å². The van der Waals surface area contributed by atoms with Gasteiger partial charge in [-0.25, -0.2) is 0 Å². The Bertz CT molecular complexity index is 641. The molecular weight excluding hydrogens is 363 g/mol. The summed E-state index contributed by atoms with van der Waals surface area (Å²) in [6, 6.07) is 10.9. The van der Waals surface area contributed by atoms with Crippen LogP contribution in [0.15, 0.2) is 47.1 Å². The van der Waals surface area contributed by atoms with Gasteiger partial charge in [-0.05, 0) is 62.3 Å². The number of nitrogens with zero attached hydrogens (tertiary/aromatic N) is 1. The molecule has 1 unspecified atom stereocenters. The van der Waals surface area contributed by atoms with Crippen LogP contribution in [0.1, 0.15) is 24.6 Å². The Kier molecular flexibility index (Phi) is 7.62. The number of hydrogen-bond donors (Lipinski definition) is 1. The quantitative estimate of drug-likeness (QED) is 0.790. The Balaban J connectivity index is 0.00000225. The molecule has 1 aromatic heterocycles. The molecule has 2 aromatic rings. The number of ether oxygens (including phenoxy) is 1. The fourth-order valence-corrected chi connectivity index (χ4v) is 3.01. The van der Waals surface area contributed by atoms with Gasteiger partial charge < -0.3 is 14.5 Å². The van der Waals surface area contributed by atoms with Crippen LogP contribution in [0.4, 0.5) is 0 Å². The summed E-state index contributed by atoms with van der Waals surface area (Å²) < 4.78 is 11.0. The summed E-state index contributed by atoms with van der Waals surface area (Å²) in [6.45, 7) is 2.55. The van der Waals surface area contributed by atoms with Crippen LogP contribution in [0.3, 0.4) is 0 Å². The normalized spacial score (nSPS) is 15.4.